The smallest absolute Gasteiger partial charge is 0.129 e. The molecule has 2 rings (SSSR count). The zero-order valence-corrected chi connectivity index (χ0v) is 10.4. The predicted octanol–water partition coefficient (Wildman–Crippen LogP) is 2.04. The monoisotopic (exact) mass is 269 g/mol. The fraction of sp³-hybridized carbons (Fsp3) is 0.250. The van der Waals surface area contributed by atoms with E-state index in [4.69, 9.17) is 5.84 Å². The summed E-state index contributed by atoms with van der Waals surface area (Å²) in [4.78, 5) is 4.98. The molecular formula is C12H13F2N3S. The Balaban J connectivity index is 2.10. The van der Waals surface area contributed by atoms with E-state index in [-0.39, 0.29) is 18.0 Å². The Kier molecular flexibility index (Phi) is 4.35. The highest BCUT2D eigenvalue weighted by atomic mass is 32.1. The first-order chi connectivity index (χ1) is 8.70. The normalized spacial score (nSPS) is 12.6. The lowest BCUT2D eigenvalue weighted by molar-refractivity contribution is 0.486. The molecule has 3 nitrogen and oxygen atoms in total. The van der Waals surface area contributed by atoms with Crippen molar-refractivity contribution < 1.29 is 8.78 Å². The van der Waals surface area contributed by atoms with Crippen LogP contribution in [0.25, 0.3) is 0 Å². The first kappa shape index (κ1) is 13.1. The van der Waals surface area contributed by atoms with Gasteiger partial charge in [0.15, 0.2) is 0 Å². The molecule has 0 aliphatic heterocycles. The van der Waals surface area contributed by atoms with E-state index in [1.54, 1.807) is 11.7 Å². The minimum Gasteiger partial charge on any atom is -0.271 e. The van der Waals surface area contributed by atoms with Crippen LogP contribution < -0.4 is 11.3 Å². The van der Waals surface area contributed by atoms with Crippen LogP contribution in [0.3, 0.4) is 0 Å². The van der Waals surface area contributed by atoms with Gasteiger partial charge in [-0.15, -0.1) is 11.3 Å². The molecule has 2 aromatic rings. The van der Waals surface area contributed by atoms with Crippen molar-refractivity contribution in [1.82, 2.24) is 10.4 Å². The van der Waals surface area contributed by atoms with E-state index in [1.165, 1.54) is 29.5 Å². The molecule has 0 aliphatic carbocycles. The second kappa shape index (κ2) is 5.99. The van der Waals surface area contributed by atoms with Crippen LogP contribution in [0.4, 0.5) is 8.78 Å². The van der Waals surface area contributed by atoms with Gasteiger partial charge in [-0.25, -0.2) is 8.78 Å². The molecule has 1 heterocycles. The van der Waals surface area contributed by atoms with Gasteiger partial charge in [0.2, 0.25) is 0 Å². The molecule has 3 N–H and O–H groups in total. The average molecular weight is 269 g/mol. The minimum atomic E-state index is -0.542. The van der Waals surface area contributed by atoms with Crippen molar-refractivity contribution in [2.24, 2.45) is 5.84 Å². The van der Waals surface area contributed by atoms with Crippen LogP contribution in [-0.4, -0.2) is 11.0 Å². The molecule has 18 heavy (non-hydrogen) atoms. The number of rotatable bonds is 5. The van der Waals surface area contributed by atoms with Gasteiger partial charge in [0, 0.05) is 29.1 Å². The molecule has 0 bridgehead atoms. The second-order valence-corrected chi connectivity index (χ2v) is 4.91. The van der Waals surface area contributed by atoms with Crippen molar-refractivity contribution >= 4 is 11.3 Å². The summed E-state index contributed by atoms with van der Waals surface area (Å²) in [5.41, 5.74) is 4.36. The Morgan fingerprint density at radius 1 is 1.28 bits per heavy atom. The largest absolute Gasteiger partial charge is 0.271 e. The van der Waals surface area contributed by atoms with E-state index < -0.39 is 11.6 Å². The molecule has 1 atom stereocenters. The standard InChI is InChI=1S/C12H13F2N3S/c13-11-2-1-3-12(14)10(11)5-8(17-15)4-9-6-16-7-18-9/h1-3,6-8,17H,4-5,15H2. The fourth-order valence-electron chi connectivity index (χ4n) is 1.75. The third-order valence-electron chi connectivity index (χ3n) is 2.68. The lowest BCUT2D eigenvalue weighted by atomic mass is 10.0. The lowest BCUT2D eigenvalue weighted by Gasteiger charge is -2.15. The molecule has 0 amide bonds. The van der Waals surface area contributed by atoms with Crippen LogP contribution in [0.5, 0.6) is 0 Å². The molecule has 96 valence electrons. The zero-order chi connectivity index (χ0) is 13.0. The van der Waals surface area contributed by atoms with Crippen LogP contribution in [0.15, 0.2) is 29.9 Å². The molecule has 1 aromatic heterocycles. The maximum Gasteiger partial charge on any atom is 0.129 e. The number of hydrazine groups is 1. The summed E-state index contributed by atoms with van der Waals surface area (Å²) in [6.07, 6.45) is 2.52. The number of hydrogen-bond acceptors (Lipinski definition) is 4. The van der Waals surface area contributed by atoms with E-state index in [0.29, 0.717) is 6.42 Å². The van der Waals surface area contributed by atoms with E-state index in [2.05, 4.69) is 10.4 Å². The number of nitrogens with two attached hydrogens (primary N) is 1. The van der Waals surface area contributed by atoms with Crippen molar-refractivity contribution in [3.8, 4) is 0 Å². The molecule has 1 aromatic carbocycles. The summed E-state index contributed by atoms with van der Waals surface area (Å²) < 4.78 is 27.0. The Bertz CT molecular complexity index is 482. The summed E-state index contributed by atoms with van der Waals surface area (Å²) in [6, 6.07) is 3.62. The highest BCUT2D eigenvalue weighted by Gasteiger charge is 2.15. The Morgan fingerprint density at radius 2 is 2.00 bits per heavy atom. The van der Waals surface area contributed by atoms with E-state index in [1.807, 2.05) is 0 Å². The summed E-state index contributed by atoms with van der Waals surface area (Å²) in [5, 5.41) is 0. The van der Waals surface area contributed by atoms with Gasteiger partial charge in [-0.3, -0.25) is 16.3 Å². The van der Waals surface area contributed by atoms with Crippen LogP contribution in [0.1, 0.15) is 10.4 Å². The van der Waals surface area contributed by atoms with Gasteiger partial charge in [-0.05, 0) is 18.6 Å². The van der Waals surface area contributed by atoms with Crippen LogP contribution in [-0.2, 0) is 12.8 Å². The summed E-state index contributed by atoms with van der Waals surface area (Å²) in [5.74, 6) is 4.34. The quantitative estimate of drug-likeness (QED) is 0.645. The minimum absolute atomic E-state index is 0.0602. The van der Waals surface area contributed by atoms with Crippen molar-refractivity contribution in [3.63, 3.8) is 0 Å². The van der Waals surface area contributed by atoms with Gasteiger partial charge in [0.05, 0.1) is 5.51 Å². The summed E-state index contributed by atoms with van der Waals surface area (Å²) in [7, 11) is 0. The number of hydrogen-bond donors (Lipinski definition) is 2. The van der Waals surface area contributed by atoms with Gasteiger partial charge in [0.25, 0.3) is 0 Å². The maximum absolute atomic E-state index is 13.5. The molecule has 6 heteroatoms. The number of thiazole rings is 1. The van der Waals surface area contributed by atoms with Crippen molar-refractivity contribution in [1.29, 1.82) is 0 Å². The molecule has 0 aliphatic rings. The zero-order valence-electron chi connectivity index (χ0n) is 9.57. The molecule has 0 radical (unpaired) electrons. The van der Waals surface area contributed by atoms with Gasteiger partial charge in [-0.2, -0.15) is 0 Å². The second-order valence-electron chi connectivity index (χ2n) is 3.94. The first-order valence-electron chi connectivity index (χ1n) is 5.47. The fourth-order valence-corrected chi connectivity index (χ4v) is 2.43. The molecule has 1 unspecified atom stereocenters. The number of nitrogens with zero attached hydrogens (tertiary/aromatic N) is 1. The number of benzene rings is 1. The van der Waals surface area contributed by atoms with E-state index in [9.17, 15) is 8.78 Å². The highest BCUT2D eigenvalue weighted by molar-refractivity contribution is 7.09. The van der Waals surface area contributed by atoms with Gasteiger partial charge in [-0.1, -0.05) is 6.07 Å². The average Bonchev–Trinajstić information content (AvgIpc) is 2.85. The lowest BCUT2D eigenvalue weighted by Crippen LogP contribution is -2.38. The summed E-state index contributed by atoms with van der Waals surface area (Å²) >= 11 is 1.49. The Hall–Kier alpha value is -1.37. The van der Waals surface area contributed by atoms with Crippen LogP contribution >= 0.6 is 11.3 Å². The third-order valence-corrected chi connectivity index (χ3v) is 3.48. The number of halogens is 2. The van der Waals surface area contributed by atoms with Crippen LogP contribution in [0.2, 0.25) is 0 Å². The summed E-state index contributed by atoms with van der Waals surface area (Å²) in [6.45, 7) is 0. The molecule has 0 saturated carbocycles. The number of nitrogens with one attached hydrogen (secondary N) is 1. The highest BCUT2D eigenvalue weighted by Crippen LogP contribution is 2.17. The van der Waals surface area contributed by atoms with Crippen molar-refractivity contribution in [2.45, 2.75) is 18.9 Å². The topological polar surface area (TPSA) is 50.9 Å². The van der Waals surface area contributed by atoms with Gasteiger partial charge in [0.1, 0.15) is 11.6 Å². The Labute approximate surface area is 108 Å². The van der Waals surface area contributed by atoms with Crippen LogP contribution in [0, 0.1) is 11.6 Å². The maximum atomic E-state index is 13.5. The molecule has 0 saturated heterocycles. The molecule has 0 spiro atoms. The first-order valence-corrected chi connectivity index (χ1v) is 6.35. The number of aromatic nitrogens is 1. The van der Waals surface area contributed by atoms with Crippen molar-refractivity contribution in [3.05, 3.63) is 52.0 Å². The van der Waals surface area contributed by atoms with Gasteiger partial charge >= 0.3 is 0 Å². The molecule has 0 fully saturated rings. The van der Waals surface area contributed by atoms with Crippen molar-refractivity contribution in [2.75, 3.05) is 0 Å². The van der Waals surface area contributed by atoms with E-state index in [0.717, 1.165) is 4.88 Å². The SMILES string of the molecule is NNC(Cc1cncs1)Cc1c(F)cccc1F. The molecular weight excluding hydrogens is 256 g/mol. The predicted molar refractivity (Wildman–Crippen MR) is 67.0 cm³/mol. The third kappa shape index (κ3) is 3.10. The van der Waals surface area contributed by atoms with E-state index >= 15 is 0 Å². The van der Waals surface area contributed by atoms with Gasteiger partial charge < -0.3 is 0 Å². The Morgan fingerprint density at radius 3 is 2.56 bits per heavy atom.